The molecule has 1 saturated carbocycles. The van der Waals surface area contributed by atoms with Crippen LogP contribution in [-0.4, -0.2) is 24.7 Å². The normalized spacial score (nSPS) is 22.7. The lowest BCUT2D eigenvalue weighted by Gasteiger charge is -2.40. The van der Waals surface area contributed by atoms with Crippen molar-refractivity contribution in [1.82, 2.24) is 5.32 Å². The first-order valence-corrected chi connectivity index (χ1v) is 6.54. The van der Waals surface area contributed by atoms with Gasteiger partial charge in [0, 0.05) is 6.04 Å². The molecule has 1 aliphatic rings. The molecular formula is C15H20FNO2. The minimum Gasteiger partial charge on any atom is -0.468 e. The summed E-state index contributed by atoms with van der Waals surface area (Å²) in [5.41, 5.74) is 0.362. The highest BCUT2D eigenvalue weighted by molar-refractivity contribution is 5.79. The van der Waals surface area contributed by atoms with Gasteiger partial charge in [0.05, 0.1) is 7.11 Å². The molecule has 0 radical (unpaired) electrons. The van der Waals surface area contributed by atoms with Crippen LogP contribution in [-0.2, 0) is 9.53 Å². The second kappa shape index (κ2) is 5.29. The Morgan fingerprint density at radius 2 is 2.11 bits per heavy atom. The van der Waals surface area contributed by atoms with Crippen molar-refractivity contribution in [3.8, 4) is 0 Å². The Labute approximate surface area is 113 Å². The Morgan fingerprint density at radius 1 is 1.42 bits per heavy atom. The van der Waals surface area contributed by atoms with E-state index in [0.29, 0.717) is 5.92 Å². The predicted molar refractivity (Wildman–Crippen MR) is 71.4 cm³/mol. The van der Waals surface area contributed by atoms with Crippen molar-refractivity contribution in [3.05, 3.63) is 35.6 Å². The van der Waals surface area contributed by atoms with E-state index in [9.17, 15) is 9.18 Å². The second-order valence-corrected chi connectivity index (χ2v) is 5.68. The maximum atomic E-state index is 13.1. The minimum atomic E-state index is -0.674. The molecule has 1 N–H and O–H groups in total. The molecule has 0 unspecified atom stereocenters. The zero-order valence-electron chi connectivity index (χ0n) is 11.6. The topological polar surface area (TPSA) is 38.3 Å². The number of hydrogen-bond donors (Lipinski definition) is 1. The lowest BCUT2D eigenvalue weighted by molar-refractivity contribution is -0.147. The standard InChI is InChI=1S/C15H20FNO2/c1-15(2,14(18)19-3)17-13-8-11(9-13)10-5-4-6-12(16)7-10/h4-7,11,13,17H,8-9H2,1-3H3. The molecule has 0 saturated heterocycles. The molecule has 2 rings (SSSR count). The van der Waals surface area contributed by atoms with E-state index in [1.54, 1.807) is 12.1 Å². The van der Waals surface area contributed by atoms with Crippen LogP contribution in [0.25, 0.3) is 0 Å². The van der Waals surface area contributed by atoms with Crippen molar-refractivity contribution in [2.24, 2.45) is 0 Å². The van der Waals surface area contributed by atoms with Crippen LogP contribution in [0.5, 0.6) is 0 Å². The zero-order valence-corrected chi connectivity index (χ0v) is 11.6. The molecule has 1 fully saturated rings. The van der Waals surface area contributed by atoms with E-state index in [2.05, 4.69) is 5.32 Å². The summed E-state index contributed by atoms with van der Waals surface area (Å²) < 4.78 is 17.9. The van der Waals surface area contributed by atoms with Crippen LogP contribution in [0.4, 0.5) is 4.39 Å². The van der Waals surface area contributed by atoms with Gasteiger partial charge < -0.3 is 4.74 Å². The van der Waals surface area contributed by atoms with Crippen molar-refractivity contribution >= 4 is 5.97 Å². The number of nitrogens with one attached hydrogen (secondary N) is 1. The van der Waals surface area contributed by atoms with Gasteiger partial charge in [0.2, 0.25) is 0 Å². The fourth-order valence-electron chi connectivity index (χ4n) is 2.59. The smallest absolute Gasteiger partial charge is 0.325 e. The number of rotatable bonds is 4. The van der Waals surface area contributed by atoms with Gasteiger partial charge in [-0.05, 0) is 50.3 Å². The highest BCUT2D eigenvalue weighted by atomic mass is 19.1. The Hall–Kier alpha value is -1.42. The summed E-state index contributed by atoms with van der Waals surface area (Å²) >= 11 is 0. The molecule has 0 spiro atoms. The maximum absolute atomic E-state index is 13.1. The zero-order chi connectivity index (χ0) is 14.0. The van der Waals surface area contributed by atoms with Crippen LogP contribution in [0.1, 0.15) is 38.2 Å². The van der Waals surface area contributed by atoms with Crippen molar-refractivity contribution in [3.63, 3.8) is 0 Å². The predicted octanol–water partition coefficient (Wildman–Crippen LogP) is 2.61. The van der Waals surface area contributed by atoms with Gasteiger partial charge in [-0.1, -0.05) is 12.1 Å². The third-order valence-electron chi connectivity index (χ3n) is 3.72. The molecule has 4 heteroatoms. The van der Waals surface area contributed by atoms with Crippen LogP contribution in [0, 0.1) is 5.82 Å². The lowest BCUT2D eigenvalue weighted by atomic mass is 9.75. The number of esters is 1. The number of ether oxygens (including phenoxy) is 1. The number of carbonyl (C=O) groups excluding carboxylic acids is 1. The molecule has 0 amide bonds. The second-order valence-electron chi connectivity index (χ2n) is 5.68. The SMILES string of the molecule is COC(=O)C(C)(C)NC1CC(c2cccc(F)c2)C1. The van der Waals surface area contributed by atoms with Gasteiger partial charge in [0.15, 0.2) is 0 Å². The number of hydrogen-bond acceptors (Lipinski definition) is 3. The monoisotopic (exact) mass is 265 g/mol. The summed E-state index contributed by atoms with van der Waals surface area (Å²) in [4.78, 5) is 11.6. The van der Waals surface area contributed by atoms with E-state index < -0.39 is 5.54 Å². The van der Waals surface area contributed by atoms with Crippen LogP contribution < -0.4 is 5.32 Å². The number of carbonyl (C=O) groups is 1. The molecule has 0 heterocycles. The Bertz CT molecular complexity index is 467. The Kier molecular flexibility index (Phi) is 3.90. The van der Waals surface area contributed by atoms with Crippen LogP contribution in [0.2, 0.25) is 0 Å². The summed E-state index contributed by atoms with van der Waals surface area (Å²) in [5, 5.41) is 3.29. The van der Waals surface area contributed by atoms with Gasteiger partial charge in [-0.2, -0.15) is 0 Å². The van der Waals surface area contributed by atoms with E-state index in [1.807, 2.05) is 19.9 Å². The quantitative estimate of drug-likeness (QED) is 0.850. The highest BCUT2D eigenvalue weighted by Crippen LogP contribution is 2.37. The Balaban J connectivity index is 1.88. The van der Waals surface area contributed by atoms with E-state index >= 15 is 0 Å². The van der Waals surface area contributed by atoms with Gasteiger partial charge in [0.1, 0.15) is 11.4 Å². The fraction of sp³-hybridized carbons (Fsp3) is 0.533. The van der Waals surface area contributed by atoms with Gasteiger partial charge >= 0.3 is 5.97 Å². The average molecular weight is 265 g/mol. The first-order chi connectivity index (χ1) is 8.92. The maximum Gasteiger partial charge on any atom is 0.325 e. The number of benzene rings is 1. The molecule has 0 bridgehead atoms. The molecule has 0 aromatic heterocycles. The first-order valence-electron chi connectivity index (χ1n) is 6.54. The number of halogens is 1. The summed E-state index contributed by atoms with van der Waals surface area (Å²) in [6, 6.07) is 7.02. The fourth-order valence-corrected chi connectivity index (χ4v) is 2.59. The molecule has 19 heavy (non-hydrogen) atoms. The van der Waals surface area contributed by atoms with Crippen LogP contribution in [0.3, 0.4) is 0 Å². The van der Waals surface area contributed by atoms with Crippen LogP contribution >= 0.6 is 0 Å². The van der Waals surface area contributed by atoms with Crippen molar-refractivity contribution in [1.29, 1.82) is 0 Å². The van der Waals surface area contributed by atoms with Gasteiger partial charge in [-0.15, -0.1) is 0 Å². The van der Waals surface area contributed by atoms with Crippen molar-refractivity contribution in [2.75, 3.05) is 7.11 Å². The molecule has 0 atom stereocenters. The van der Waals surface area contributed by atoms with Crippen molar-refractivity contribution in [2.45, 2.75) is 44.2 Å². The van der Waals surface area contributed by atoms with Crippen molar-refractivity contribution < 1.29 is 13.9 Å². The summed E-state index contributed by atoms with van der Waals surface area (Å²) in [5.74, 6) is -0.0767. The number of methoxy groups -OCH3 is 1. The molecule has 1 aromatic carbocycles. The van der Waals surface area contributed by atoms with Gasteiger partial charge in [0.25, 0.3) is 0 Å². The molecule has 1 aromatic rings. The van der Waals surface area contributed by atoms with E-state index in [0.717, 1.165) is 18.4 Å². The third-order valence-corrected chi connectivity index (χ3v) is 3.72. The summed E-state index contributed by atoms with van der Waals surface area (Å²) in [7, 11) is 1.39. The Morgan fingerprint density at radius 3 is 2.68 bits per heavy atom. The summed E-state index contributed by atoms with van der Waals surface area (Å²) in [6.07, 6.45) is 1.84. The molecule has 104 valence electrons. The highest BCUT2D eigenvalue weighted by Gasteiger charge is 2.37. The van der Waals surface area contributed by atoms with E-state index in [4.69, 9.17) is 4.74 Å². The van der Waals surface area contributed by atoms with E-state index in [1.165, 1.54) is 13.2 Å². The average Bonchev–Trinajstić information content (AvgIpc) is 2.32. The van der Waals surface area contributed by atoms with Gasteiger partial charge in [-0.3, -0.25) is 10.1 Å². The molecule has 3 nitrogen and oxygen atoms in total. The third kappa shape index (κ3) is 3.13. The minimum absolute atomic E-state index is 0.191. The molecular weight excluding hydrogens is 245 g/mol. The molecule has 0 aliphatic heterocycles. The lowest BCUT2D eigenvalue weighted by Crippen LogP contribution is -2.55. The summed E-state index contributed by atoms with van der Waals surface area (Å²) in [6.45, 7) is 3.63. The van der Waals surface area contributed by atoms with E-state index in [-0.39, 0.29) is 17.8 Å². The van der Waals surface area contributed by atoms with Crippen LogP contribution in [0.15, 0.2) is 24.3 Å². The molecule has 1 aliphatic carbocycles. The first kappa shape index (κ1) is 14.0. The largest absolute Gasteiger partial charge is 0.468 e. The van der Waals surface area contributed by atoms with Gasteiger partial charge in [-0.25, -0.2) is 4.39 Å².